The molecule has 0 radical (unpaired) electrons. The summed E-state index contributed by atoms with van der Waals surface area (Å²) in [7, 11) is 11.6. The van der Waals surface area contributed by atoms with Crippen molar-refractivity contribution in [2.24, 2.45) is 0 Å². The van der Waals surface area contributed by atoms with Crippen molar-refractivity contribution in [2.45, 2.75) is 62.2 Å². The molecule has 5 nitrogen and oxygen atoms in total. The summed E-state index contributed by atoms with van der Waals surface area (Å²) < 4.78 is 21.2. The second-order valence-corrected chi connectivity index (χ2v) is 10.3. The molecule has 0 aromatic heterocycles. The normalized spacial score (nSPS) is 15.0. The Balaban J connectivity index is 3.70. The first kappa shape index (κ1) is 24.2. The number of methoxy groups -OCH3 is 4. The molecule has 0 N–H and O–H groups in total. The second kappa shape index (κ2) is 15.5. The third-order valence-corrected chi connectivity index (χ3v) is 6.81. The van der Waals surface area contributed by atoms with Crippen LogP contribution in [-0.2, 0) is 18.9 Å². The topological polar surface area (TPSA) is 40.2 Å². The van der Waals surface area contributed by atoms with Crippen LogP contribution >= 0.6 is 0 Å². The lowest BCUT2D eigenvalue weighted by atomic mass is 10.1. The minimum atomic E-state index is -0.0288. The van der Waals surface area contributed by atoms with Gasteiger partial charge >= 0.3 is 0 Å². The van der Waals surface area contributed by atoms with E-state index < -0.39 is 0 Å². The Hall–Kier alpha value is 0.234. The van der Waals surface area contributed by atoms with E-state index >= 15 is 0 Å². The first-order valence-electron chi connectivity index (χ1n) is 9.26. The third kappa shape index (κ3) is 12.6. The van der Waals surface area contributed by atoms with E-state index in [0.29, 0.717) is 0 Å². The van der Waals surface area contributed by atoms with Crippen LogP contribution in [0.3, 0.4) is 0 Å². The largest absolute Gasteiger partial charge is 0.356 e. The maximum absolute atomic E-state index is 5.29. The Kier molecular flexibility index (Phi) is 15.6. The molecule has 0 amide bonds. The van der Waals surface area contributed by atoms with Gasteiger partial charge in [0, 0.05) is 48.9 Å². The van der Waals surface area contributed by atoms with Crippen molar-refractivity contribution in [2.75, 3.05) is 48.6 Å². The average Bonchev–Trinajstić information content (AvgIpc) is 2.57. The van der Waals surface area contributed by atoms with Crippen molar-refractivity contribution in [3.63, 3.8) is 0 Å². The van der Waals surface area contributed by atoms with E-state index in [4.69, 9.17) is 18.9 Å². The van der Waals surface area contributed by atoms with Gasteiger partial charge in [-0.25, -0.2) is 0 Å². The Bertz CT molecular complexity index is 253. The maximum Gasteiger partial charge on any atom is 0.156 e. The van der Waals surface area contributed by atoms with Crippen LogP contribution in [0.2, 0.25) is 11.1 Å². The summed E-state index contributed by atoms with van der Waals surface area (Å²) in [5, 5.41) is 0. The van der Waals surface area contributed by atoms with Gasteiger partial charge in [-0.3, -0.25) is 0 Å². The molecule has 0 rings (SSSR count). The summed E-state index contributed by atoms with van der Waals surface area (Å²) in [5.74, 6) is 0. The van der Waals surface area contributed by atoms with Crippen LogP contribution in [0.25, 0.3) is 0 Å². The SMILES string of the molecule is COC(CC([SiH3])CCCN(C)CCCC([SiH3])CC(OC)OC)OC. The predicted octanol–water partition coefficient (Wildman–Crippen LogP) is 0.804. The van der Waals surface area contributed by atoms with Gasteiger partial charge in [-0.05, 0) is 56.9 Å². The van der Waals surface area contributed by atoms with E-state index in [1.807, 2.05) is 0 Å². The third-order valence-electron chi connectivity index (χ3n) is 4.71. The zero-order chi connectivity index (χ0) is 18.4. The second-order valence-electron chi connectivity index (χ2n) is 7.07. The van der Waals surface area contributed by atoms with Crippen molar-refractivity contribution >= 4 is 20.5 Å². The molecule has 2 atom stereocenters. The molecule has 146 valence electrons. The van der Waals surface area contributed by atoms with E-state index in [2.05, 4.69) is 11.9 Å². The lowest BCUT2D eigenvalue weighted by Crippen LogP contribution is -2.22. The van der Waals surface area contributed by atoms with Gasteiger partial charge in [-0.1, -0.05) is 12.8 Å². The molecule has 0 aliphatic carbocycles. The standard InChI is InChI=1S/C17H41NO4Si2/c1-18(10-6-8-14(23)12-16(19-2)20-3)11-7-9-15(24)13-17(21-4)22-5/h14-17H,6-13H2,1-5,23-24H3. The molecule has 0 saturated heterocycles. The molecule has 0 fully saturated rings. The van der Waals surface area contributed by atoms with Gasteiger partial charge in [0.2, 0.25) is 0 Å². The lowest BCUT2D eigenvalue weighted by molar-refractivity contribution is -0.107. The highest BCUT2D eigenvalue weighted by Crippen LogP contribution is 2.19. The first-order valence-corrected chi connectivity index (χ1v) is 11.6. The van der Waals surface area contributed by atoms with Crippen molar-refractivity contribution < 1.29 is 18.9 Å². The molecule has 0 spiro atoms. The number of hydrogen-bond acceptors (Lipinski definition) is 5. The van der Waals surface area contributed by atoms with E-state index in [1.165, 1.54) is 59.3 Å². The zero-order valence-corrected chi connectivity index (χ0v) is 21.0. The molecule has 0 aromatic carbocycles. The Labute approximate surface area is 155 Å². The van der Waals surface area contributed by atoms with Crippen LogP contribution in [0.4, 0.5) is 0 Å². The van der Waals surface area contributed by atoms with Crippen LogP contribution in [0, 0.1) is 0 Å². The van der Waals surface area contributed by atoms with Crippen molar-refractivity contribution in [3.05, 3.63) is 0 Å². The van der Waals surface area contributed by atoms with Gasteiger partial charge < -0.3 is 23.8 Å². The summed E-state index contributed by atoms with van der Waals surface area (Å²) in [4.78, 5) is 2.47. The molecular formula is C17H41NO4Si2. The van der Waals surface area contributed by atoms with Crippen molar-refractivity contribution in [1.82, 2.24) is 4.90 Å². The summed E-state index contributed by atoms with van der Waals surface area (Å²) >= 11 is 0. The first-order chi connectivity index (χ1) is 11.5. The number of rotatable bonds is 16. The highest BCUT2D eigenvalue weighted by Gasteiger charge is 2.13. The molecule has 24 heavy (non-hydrogen) atoms. The van der Waals surface area contributed by atoms with Crippen LogP contribution < -0.4 is 0 Å². The van der Waals surface area contributed by atoms with Gasteiger partial charge in [-0.15, -0.1) is 0 Å². The summed E-state index contributed by atoms with van der Waals surface area (Å²) in [6.07, 6.45) is 7.11. The van der Waals surface area contributed by atoms with Gasteiger partial charge in [0.15, 0.2) is 12.6 Å². The van der Waals surface area contributed by atoms with Gasteiger partial charge in [0.1, 0.15) is 0 Å². The molecular weight excluding hydrogens is 338 g/mol. The molecule has 0 aliphatic rings. The fourth-order valence-corrected chi connectivity index (χ4v) is 4.59. The zero-order valence-electron chi connectivity index (χ0n) is 17.0. The number of ether oxygens (including phenoxy) is 4. The summed E-state index contributed by atoms with van der Waals surface area (Å²) in [6, 6.07) is 0. The molecule has 2 unspecified atom stereocenters. The number of nitrogens with zero attached hydrogens (tertiary/aromatic N) is 1. The molecule has 0 bridgehead atoms. The monoisotopic (exact) mass is 379 g/mol. The van der Waals surface area contributed by atoms with Gasteiger partial charge in [0.25, 0.3) is 0 Å². The van der Waals surface area contributed by atoms with Crippen LogP contribution in [0.1, 0.15) is 38.5 Å². The van der Waals surface area contributed by atoms with Crippen LogP contribution in [0.5, 0.6) is 0 Å². The number of hydrogen-bond donors (Lipinski definition) is 0. The fourth-order valence-electron chi connectivity index (χ4n) is 3.00. The Morgan fingerprint density at radius 1 is 0.708 bits per heavy atom. The van der Waals surface area contributed by atoms with E-state index in [0.717, 1.165) is 23.9 Å². The van der Waals surface area contributed by atoms with E-state index in [-0.39, 0.29) is 12.6 Å². The molecule has 0 aromatic rings. The highest BCUT2D eigenvalue weighted by molar-refractivity contribution is 6.11. The molecule has 0 aliphatic heterocycles. The Morgan fingerprint density at radius 2 is 1.04 bits per heavy atom. The Morgan fingerprint density at radius 3 is 1.33 bits per heavy atom. The maximum atomic E-state index is 5.29. The van der Waals surface area contributed by atoms with E-state index in [1.54, 1.807) is 28.4 Å². The molecule has 0 saturated carbocycles. The van der Waals surface area contributed by atoms with Gasteiger partial charge in [-0.2, -0.15) is 0 Å². The summed E-state index contributed by atoms with van der Waals surface area (Å²) in [5.41, 5.74) is 1.55. The quantitative estimate of drug-likeness (QED) is 0.293. The predicted molar refractivity (Wildman–Crippen MR) is 108 cm³/mol. The fraction of sp³-hybridized carbons (Fsp3) is 1.00. The summed E-state index contributed by atoms with van der Waals surface area (Å²) in [6.45, 7) is 2.38. The van der Waals surface area contributed by atoms with Crippen LogP contribution in [0.15, 0.2) is 0 Å². The minimum Gasteiger partial charge on any atom is -0.356 e. The molecule has 7 heteroatoms. The highest BCUT2D eigenvalue weighted by atomic mass is 28.1. The average molecular weight is 380 g/mol. The van der Waals surface area contributed by atoms with Crippen molar-refractivity contribution in [3.8, 4) is 0 Å². The minimum absolute atomic E-state index is 0.0288. The smallest absolute Gasteiger partial charge is 0.156 e. The van der Waals surface area contributed by atoms with Crippen molar-refractivity contribution in [1.29, 1.82) is 0 Å². The lowest BCUT2D eigenvalue weighted by Gasteiger charge is -2.22. The van der Waals surface area contributed by atoms with Crippen LogP contribution in [-0.4, -0.2) is 86.5 Å². The molecule has 0 heterocycles. The van der Waals surface area contributed by atoms with E-state index in [9.17, 15) is 0 Å². The van der Waals surface area contributed by atoms with Gasteiger partial charge in [0.05, 0.1) is 0 Å².